The molecule has 0 bridgehead atoms. The molecule has 8 nitrogen and oxygen atoms in total. The molecular weight excluding hydrogens is 298 g/mol. The van der Waals surface area contributed by atoms with Crippen LogP contribution in [0.3, 0.4) is 0 Å². The Kier molecular flexibility index (Phi) is 4.14. The maximum Gasteiger partial charge on any atom is 0.269 e. The van der Waals surface area contributed by atoms with Crippen molar-refractivity contribution < 1.29 is 22.7 Å². The van der Waals surface area contributed by atoms with Gasteiger partial charge in [0.05, 0.1) is 12.2 Å². The van der Waals surface area contributed by atoms with Crippen molar-refractivity contribution in [3.63, 3.8) is 0 Å². The number of ether oxygens (including phenoxy) is 1. The smallest absolute Gasteiger partial charge is 0.269 e. The van der Waals surface area contributed by atoms with Gasteiger partial charge >= 0.3 is 0 Å². The van der Waals surface area contributed by atoms with Gasteiger partial charge in [0.1, 0.15) is 11.4 Å². The number of nitrogens with two attached hydrogens (primary N) is 1. The van der Waals surface area contributed by atoms with Gasteiger partial charge in [0.2, 0.25) is 5.91 Å². The Morgan fingerprint density at radius 3 is 2.81 bits per heavy atom. The third-order valence-corrected chi connectivity index (χ3v) is 4.73. The monoisotopic (exact) mass is 313 g/mol. The quantitative estimate of drug-likeness (QED) is 0.541. The van der Waals surface area contributed by atoms with Gasteiger partial charge in [-0.25, -0.2) is 12.7 Å². The molecule has 2 rings (SSSR count). The molecule has 0 aliphatic carbocycles. The number of nitrogen functional groups attached to an aromatic ring is 1. The Morgan fingerprint density at radius 1 is 1.43 bits per heavy atom. The molecule has 9 heteroatoms. The van der Waals surface area contributed by atoms with Crippen LogP contribution in [0, 0.1) is 0 Å². The number of anilines is 1. The molecule has 1 aliphatic heterocycles. The van der Waals surface area contributed by atoms with Crippen molar-refractivity contribution in [3.8, 4) is 0 Å². The van der Waals surface area contributed by atoms with Crippen molar-refractivity contribution in [2.45, 2.75) is 4.90 Å². The first kappa shape index (κ1) is 15.3. The van der Waals surface area contributed by atoms with Gasteiger partial charge in [-0.1, -0.05) is 0 Å². The van der Waals surface area contributed by atoms with Gasteiger partial charge in [-0.3, -0.25) is 9.59 Å². The van der Waals surface area contributed by atoms with E-state index in [-0.39, 0.29) is 22.7 Å². The summed E-state index contributed by atoms with van der Waals surface area (Å²) in [5.41, 5.74) is 5.82. The van der Waals surface area contributed by atoms with Gasteiger partial charge in [-0.2, -0.15) is 0 Å². The summed E-state index contributed by atoms with van der Waals surface area (Å²) < 4.78 is 29.8. The lowest BCUT2D eigenvalue weighted by atomic mass is 10.2. The summed E-state index contributed by atoms with van der Waals surface area (Å²) in [4.78, 5) is 23.7. The first-order valence-corrected chi connectivity index (χ1v) is 7.54. The second-order valence-electron chi connectivity index (χ2n) is 4.42. The molecule has 21 heavy (non-hydrogen) atoms. The van der Waals surface area contributed by atoms with E-state index in [4.69, 9.17) is 10.5 Å². The molecule has 114 valence electrons. The van der Waals surface area contributed by atoms with Gasteiger partial charge in [-0.05, 0) is 18.2 Å². The van der Waals surface area contributed by atoms with E-state index in [1.807, 2.05) is 0 Å². The molecule has 0 saturated carbocycles. The van der Waals surface area contributed by atoms with Crippen molar-refractivity contribution >= 4 is 27.5 Å². The van der Waals surface area contributed by atoms with Crippen LogP contribution < -0.4 is 11.1 Å². The fourth-order valence-electron chi connectivity index (χ4n) is 1.94. The number of carbonyl (C=O) groups is 2. The van der Waals surface area contributed by atoms with Crippen LogP contribution in [-0.2, 0) is 19.6 Å². The fraction of sp³-hybridized carbons (Fsp3) is 0.333. The summed E-state index contributed by atoms with van der Waals surface area (Å²) in [6.07, 6.45) is 0. The summed E-state index contributed by atoms with van der Waals surface area (Å²) in [5.74, 6) is -1.33. The van der Waals surface area contributed by atoms with Gasteiger partial charge in [-0.15, -0.1) is 0 Å². The fourth-order valence-corrected chi connectivity index (χ4v) is 3.44. The maximum absolute atomic E-state index is 12.2. The highest BCUT2D eigenvalue weighted by Crippen LogP contribution is 2.31. The molecule has 0 unspecified atom stereocenters. The average Bonchev–Trinajstić information content (AvgIpc) is 2.60. The molecule has 0 saturated heterocycles. The minimum Gasteiger partial charge on any atom is -0.399 e. The number of carbonyl (C=O) groups excluding carboxylic acids is 2. The number of methoxy groups -OCH3 is 1. The van der Waals surface area contributed by atoms with Crippen LogP contribution in [-0.4, -0.2) is 51.3 Å². The van der Waals surface area contributed by atoms with Crippen LogP contribution in [0.25, 0.3) is 0 Å². The summed E-state index contributed by atoms with van der Waals surface area (Å²) in [6.45, 7) is -0.0417. The Morgan fingerprint density at radius 2 is 2.14 bits per heavy atom. The number of sulfonamides is 1. The number of amides is 2. The summed E-state index contributed by atoms with van der Waals surface area (Å²) in [7, 11) is -2.53. The van der Waals surface area contributed by atoms with E-state index in [1.165, 1.54) is 25.3 Å². The van der Waals surface area contributed by atoms with Crippen LogP contribution in [0.15, 0.2) is 23.1 Å². The molecule has 1 aromatic carbocycles. The minimum absolute atomic E-state index is 0.0142. The van der Waals surface area contributed by atoms with E-state index in [0.29, 0.717) is 10.9 Å². The second-order valence-corrected chi connectivity index (χ2v) is 6.25. The molecule has 0 radical (unpaired) electrons. The molecule has 3 N–H and O–H groups in total. The van der Waals surface area contributed by atoms with Gasteiger partial charge < -0.3 is 15.8 Å². The standard InChI is InChI=1S/C12H15N3O5S/c1-20-5-4-14-11(16)7-15-12(17)9-6-8(13)2-3-10(9)21(15,18)19/h2-3,6H,4-5,7,13H2,1H3,(H,14,16). The molecule has 2 amide bonds. The number of hydrogen-bond acceptors (Lipinski definition) is 6. The van der Waals surface area contributed by atoms with Gasteiger partial charge in [0.25, 0.3) is 15.9 Å². The minimum atomic E-state index is -4.00. The van der Waals surface area contributed by atoms with E-state index in [1.54, 1.807) is 0 Å². The highest BCUT2D eigenvalue weighted by Gasteiger charge is 2.42. The molecule has 1 aliphatic rings. The third-order valence-electron chi connectivity index (χ3n) is 2.94. The van der Waals surface area contributed by atoms with E-state index < -0.39 is 28.4 Å². The maximum atomic E-state index is 12.2. The predicted octanol–water partition coefficient (Wildman–Crippen LogP) is -0.824. The third kappa shape index (κ3) is 2.83. The van der Waals surface area contributed by atoms with E-state index in [0.717, 1.165) is 0 Å². The van der Waals surface area contributed by atoms with Crippen LogP contribution in [0.2, 0.25) is 0 Å². The molecule has 1 aromatic rings. The Bertz CT molecular complexity index is 686. The molecule has 0 spiro atoms. The highest BCUT2D eigenvalue weighted by molar-refractivity contribution is 7.90. The Hall–Kier alpha value is -2.13. The zero-order chi connectivity index (χ0) is 15.6. The predicted molar refractivity (Wildman–Crippen MR) is 74.0 cm³/mol. The zero-order valence-corrected chi connectivity index (χ0v) is 12.1. The van der Waals surface area contributed by atoms with Gasteiger partial charge in [0, 0.05) is 19.3 Å². The number of fused-ring (bicyclic) bond motifs is 1. The first-order valence-electron chi connectivity index (χ1n) is 6.10. The molecule has 1 heterocycles. The van der Waals surface area contributed by atoms with Crippen molar-refractivity contribution in [2.24, 2.45) is 0 Å². The van der Waals surface area contributed by atoms with E-state index in [2.05, 4.69) is 5.32 Å². The topological polar surface area (TPSA) is 119 Å². The van der Waals surface area contributed by atoms with Crippen molar-refractivity contribution in [1.29, 1.82) is 0 Å². The van der Waals surface area contributed by atoms with Crippen molar-refractivity contribution in [2.75, 3.05) is 32.5 Å². The van der Waals surface area contributed by atoms with Gasteiger partial charge in [0.15, 0.2) is 0 Å². The van der Waals surface area contributed by atoms with Crippen LogP contribution in [0.4, 0.5) is 5.69 Å². The lowest BCUT2D eigenvalue weighted by Gasteiger charge is -2.14. The second kappa shape index (κ2) is 5.70. The van der Waals surface area contributed by atoms with E-state index in [9.17, 15) is 18.0 Å². The lowest BCUT2D eigenvalue weighted by molar-refractivity contribution is -0.121. The molecule has 0 fully saturated rings. The number of rotatable bonds is 5. The van der Waals surface area contributed by atoms with Crippen LogP contribution in [0.5, 0.6) is 0 Å². The molecule has 0 atom stereocenters. The highest BCUT2D eigenvalue weighted by atomic mass is 32.2. The molecule has 0 aromatic heterocycles. The summed E-state index contributed by atoms with van der Waals surface area (Å²) >= 11 is 0. The Labute approximate surface area is 121 Å². The van der Waals surface area contributed by atoms with Crippen molar-refractivity contribution in [1.82, 2.24) is 9.62 Å². The largest absolute Gasteiger partial charge is 0.399 e. The van der Waals surface area contributed by atoms with Crippen LogP contribution >= 0.6 is 0 Å². The SMILES string of the molecule is COCCNC(=O)CN1C(=O)c2cc(N)ccc2S1(=O)=O. The summed E-state index contributed by atoms with van der Waals surface area (Å²) in [6, 6.07) is 3.95. The van der Waals surface area contributed by atoms with Crippen LogP contribution in [0.1, 0.15) is 10.4 Å². The number of nitrogens with zero attached hydrogens (tertiary/aromatic N) is 1. The Balaban J connectivity index is 2.20. The number of benzene rings is 1. The lowest BCUT2D eigenvalue weighted by Crippen LogP contribution is -2.41. The zero-order valence-electron chi connectivity index (χ0n) is 11.3. The van der Waals surface area contributed by atoms with Crippen molar-refractivity contribution in [3.05, 3.63) is 23.8 Å². The normalized spacial score (nSPS) is 15.9. The summed E-state index contributed by atoms with van der Waals surface area (Å²) in [5, 5.41) is 2.46. The first-order chi connectivity index (χ1) is 9.87. The average molecular weight is 313 g/mol. The molecular formula is C12H15N3O5S. The number of nitrogens with one attached hydrogen (secondary N) is 1. The van der Waals surface area contributed by atoms with E-state index >= 15 is 0 Å². The number of hydrogen-bond donors (Lipinski definition) is 2.